The molecule has 3 heterocycles. The first-order chi connectivity index (χ1) is 11.6. The first-order valence-electron chi connectivity index (χ1n) is 7.54. The van der Waals surface area contributed by atoms with Crippen molar-refractivity contribution < 1.29 is 0 Å². The lowest BCUT2D eigenvalue weighted by molar-refractivity contribution is 1.13. The average Bonchev–Trinajstić information content (AvgIpc) is 3.03. The molecule has 4 rings (SSSR count). The summed E-state index contributed by atoms with van der Waals surface area (Å²) in [5, 5.41) is 1.89. The molecule has 0 fully saturated rings. The quantitative estimate of drug-likeness (QED) is 0.599. The molecular weight excluding hydrogens is 318 g/mol. The van der Waals surface area contributed by atoms with Crippen LogP contribution in [0.25, 0.3) is 32.9 Å². The third kappa shape index (κ3) is 2.51. The topological polar surface area (TPSA) is 77.6 Å². The number of anilines is 1. The van der Waals surface area contributed by atoms with Gasteiger partial charge in [0.05, 0.1) is 16.9 Å². The highest BCUT2D eigenvalue weighted by atomic mass is 32.1. The van der Waals surface area contributed by atoms with Crippen LogP contribution in [0, 0.1) is 13.8 Å². The lowest BCUT2D eigenvalue weighted by atomic mass is 10.1. The molecule has 118 valence electrons. The number of thiazole rings is 1. The zero-order valence-corrected chi connectivity index (χ0v) is 14.1. The fourth-order valence-electron chi connectivity index (χ4n) is 2.57. The third-order valence-corrected chi connectivity index (χ3v) is 4.73. The van der Waals surface area contributed by atoms with Gasteiger partial charge in [0.15, 0.2) is 0 Å². The lowest BCUT2D eigenvalue weighted by Crippen LogP contribution is -2.02. The van der Waals surface area contributed by atoms with E-state index in [1.54, 1.807) is 17.5 Å². The monoisotopic (exact) mass is 333 g/mol. The number of benzene rings is 1. The van der Waals surface area contributed by atoms with Gasteiger partial charge in [-0.2, -0.15) is 0 Å². The summed E-state index contributed by atoms with van der Waals surface area (Å²) in [6, 6.07) is 10.0. The third-order valence-electron chi connectivity index (χ3n) is 3.81. The first-order valence-corrected chi connectivity index (χ1v) is 8.35. The molecule has 5 nitrogen and oxygen atoms in total. The van der Waals surface area contributed by atoms with E-state index in [4.69, 9.17) is 10.7 Å². The Hall–Kier alpha value is -2.86. The normalized spacial score (nSPS) is 11.1. The van der Waals surface area contributed by atoms with Crippen molar-refractivity contribution in [2.45, 2.75) is 13.8 Å². The second kappa shape index (κ2) is 5.65. The molecule has 6 heteroatoms. The summed E-state index contributed by atoms with van der Waals surface area (Å²) >= 11 is 1.59. The van der Waals surface area contributed by atoms with Crippen molar-refractivity contribution in [1.82, 2.24) is 19.9 Å². The predicted molar refractivity (Wildman–Crippen MR) is 97.8 cm³/mol. The zero-order valence-electron chi connectivity index (χ0n) is 13.3. The summed E-state index contributed by atoms with van der Waals surface area (Å²) in [7, 11) is 0. The number of aryl methyl sites for hydroxylation is 2. The Balaban J connectivity index is 1.97. The van der Waals surface area contributed by atoms with E-state index in [1.807, 2.05) is 44.3 Å². The van der Waals surface area contributed by atoms with Gasteiger partial charge in [-0.05, 0) is 32.0 Å². The number of nitrogens with two attached hydrogens (primary N) is 1. The van der Waals surface area contributed by atoms with Gasteiger partial charge in [-0.1, -0.05) is 12.1 Å². The summed E-state index contributed by atoms with van der Waals surface area (Å²) in [6.07, 6.45) is 3.63. The van der Waals surface area contributed by atoms with Crippen LogP contribution in [0.5, 0.6) is 0 Å². The standard InChI is InChI=1S/C18H15N5S/c1-10-9-21-18(24-10)16-15(22-11(2)17(19)23-16)13-5-6-14-12(8-13)4-3-7-20-14/h3-9H,1-2H3,(H2,19,23). The number of hydrogen-bond donors (Lipinski definition) is 1. The van der Waals surface area contributed by atoms with Crippen LogP contribution in [0.4, 0.5) is 5.82 Å². The van der Waals surface area contributed by atoms with E-state index in [1.165, 1.54) is 0 Å². The highest BCUT2D eigenvalue weighted by Crippen LogP contribution is 2.33. The van der Waals surface area contributed by atoms with Crippen molar-refractivity contribution in [3.63, 3.8) is 0 Å². The number of nitrogen functional groups attached to an aromatic ring is 1. The second-order valence-corrected chi connectivity index (χ2v) is 6.81. The minimum absolute atomic E-state index is 0.434. The van der Waals surface area contributed by atoms with Gasteiger partial charge < -0.3 is 5.73 Å². The molecule has 1 aromatic carbocycles. The maximum absolute atomic E-state index is 6.00. The molecule has 0 saturated carbocycles. The van der Waals surface area contributed by atoms with E-state index in [9.17, 15) is 0 Å². The van der Waals surface area contributed by atoms with Gasteiger partial charge in [-0.3, -0.25) is 4.98 Å². The van der Waals surface area contributed by atoms with Crippen molar-refractivity contribution in [1.29, 1.82) is 0 Å². The molecule has 0 unspecified atom stereocenters. The van der Waals surface area contributed by atoms with Gasteiger partial charge in [0.2, 0.25) is 0 Å². The summed E-state index contributed by atoms with van der Waals surface area (Å²) in [6.45, 7) is 3.89. The molecule has 0 atom stereocenters. The highest BCUT2D eigenvalue weighted by molar-refractivity contribution is 7.14. The number of fused-ring (bicyclic) bond motifs is 1. The smallest absolute Gasteiger partial charge is 0.145 e. The van der Waals surface area contributed by atoms with E-state index in [0.29, 0.717) is 11.5 Å². The first kappa shape index (κ1) is 14.7. The molecular formula is C18H15N5S. The minimum atomic E-state index is 0.434. The molecule has 0 radical (unpaired) electrons. The Morgan fingerprint density at radius 1 is 1.00 bits per heavy atom. The number of rotatable bonds is 2. The Kier molecular flexibility index (Phi) is 3.46. The number of pyridine rings is 1. The van der Waals surface area contributed by atoms with E-state index in [0.717, 1.165) is 37.7 Å². The summed E-state index contributed by atoms with van der Waals surface area (Å²) in [4.78, 5) is 19.2. The van der Waals surface area contributed by atoms with Gasteiger partial charge in [-0.25, -0.2) is 15.0 Å². The van der Waals surface area contributed by atoms with Crippen LogP contribution < -0.4 is 5.73 Å². The summed E-state index contributed by atoms with van der Waals surface area (Å²) in [5.41, 5.74) is 10.2. The number of hydrogen-bond acceptors (Lipinski definition) is 6. The van der Waals surface area contributed by atoms with Crippen LogP contribution in [0.3, 0.4) is 0 Å². The van der Waals surface area contributed by atoms with Crippen LogP contribution in [-0.4, -0.2) is 19.9 Å². The molecule has 0 amide bonds. The van der Waals surface area contributed by atoms with Crippen LogP contribution >= 0.6 is 11.3 Å². The fraction of sp³-hybridized carbons (Fsp3) is 0.111. The molecule has 0 aliphatic rings. The van der Waals surface area contributed by atoms with Gasteiger partial charge in [0, 0.05) is 28.2 Å². The summed E-state index contributed by atoms with van der Waals surface area (Å²) in [5.74, 6) is 0.434. The van der Waals surface area contributed by atoms with Crippen molar-refractivity contribution in [2.24, 2.45) is 0 Å². The maximum Gasteiger partial charge on any atom is 0.145 e. The second-order valence-electron chi connectivity index (χ2n) is 5.58. The SMILES string of the molecule is Cc1cnc(-c2nc(N)c(C)nc2-c2ccc3ncccc3c2)s1. The fourth-order valence-corrected chi connectivity index (χ4v) is 3.32. The predicted octanol–water partition coefficient (Wildman–Crippen LogP) is 4.01. The van der Waals surface area contributed by atoms with E-state index in [-0.39, 0.29) is 0 Å². The van der Waals surface area contributed by atoms with Gasteiger partial charge in [-0.15, -0.1) is 11.3 Å². The van der Waals surface area contributed by atoms with Gasteiger partial charge in [0.1, 0.15) is 16.5 Å². The van der Waals surface area contributed by atoms with E-state index in [2.05, 4.69) is 21.0 Å². The number of aromatic nitrogens is 4. The Bertz CT molecular complexity index is 1050. The van der Waals surface area contributed by atoms with Crippen LogP contribution in [-0.2, 0) is 0 Å². The van der Waals surface area contributed by atoms with Crippen LogP contribution in [0.2, 0.25) is 0 Å². The molecule has 0 bridgehead atoms. The van der Waals surface area contributed by atoms with Gasteiger partial charge in [0.25, 0.3) is 0 Å². The molecule has 0 aliphatic heterocycles. The largest absolute Gasteiger partial charge is 0.382 e. The maximum atomic E-state index is 6.00. The number of nitrogens with zero attached hydrogens (tertiary/aromatic N) is 4. The molecule has 0 saturated heterocycles. The molecule has 4 aromatic rings. The van der Waals surface area contributed by atoms with Crippen LogP contribution in [0.1, 0.15) is 10.6 Å². The lowest BCUT2D eigenvalue weighted by Gasteiger charge is -2.10. The van der Waals surface area contributed by atoms with Crippen molar-refractivity contribution in [2.75, 3.05) is 5.73 Å². The van der Waals surface area contributed by atoms with Crippen molar-refractivity contribution in [3.05, 3.63) is 53.3 Å². The van der Waals surface area contributed by atoms with Crippen molar-refractivity contribution in [3.8, 4) is 22.0 Å². The Labute approximate surface area is 143 Å². The molecule has 3 aromatic heterocycles. The van der Waals surface area contributed by atoms with E-state index < -0.39 is 0 Å². The van der Waals surface area contributed by atoms with Crippen molar-refractivity contribution >= 4 is 28.1 Å². The molecule has 2 N–H and O–H groups in total. The van der Waals surface area contributed by atoms with E-state index >= 15 is 0 Å². The minimum Gasteiger partial charge on any atom is -0.382 e. The Morgan fingerprint density at radius 3 is 2.67 bits per heavy atom. The Morgan fingerprint density at radius 2 is 1.88 bits per heavy atom. The zero-order chi connectivity index (χ0) is 16.7. The molecule has 0 aliphatic carbocycles. The van der Waals surface area contributed by atoms with Gasteiger partial charge >= 0.3 is 0 Å². The summed E-state index contributed by atoms with van der Waals surface area (Å²) < 4.78 is 0. The average molecular weight is 333 g/mol. The molecule has 24 heavy (non-hydrogen) atoms. The highest BCUT2D eigenvalue weighted by Gasteiger charge is 2.16. The molecule has 0 spiro atoms. The van der Waals surface area contributed by atoms with Crippen LogP contribution in [0.15, 0.2) is 42.7 Å².